The van der Waals surface area contributed by atoms with E-state index < -0.39 is 0 Å². The number of Topliss-reactive ketones (excluding diaryl/α,β-unsaturated/α-hetero) is 2. The minimum absolute atomic E-state index is 0.0366. The van der Waals surface area contributed by atoms with Crippen molar-refractivity contribution in [1.29, 1.82) is 0 Å². The van der Waals surface area contributed by atoms with Crippen molar-refractivity contribution in [3.8, 4) is 5.75 Å². The fraction of sp³-hybridized carbons (Fsp3) is 0.375. The van der Waals surface area contributed by atoms with Crippen LogP contribution in [0.15, 0.2) is 30.4 Å². The zero-order valence-electron chi connectivity index (χ0n) is 10.4. The lowest BCUT2D eigenvalue weighted by Gasteiger charge is -2.45. The lowest BCUT2D eigenvalue weighted by molar-refractivity contribution is 0.0517. The average molecular weight is 254 g/mol. The topological polar surface area (TPSA) is 54.4 Å². The van der Waals surface area contributed by atoms with Gasteiger partial charge in [0.1, 0.15) is 5.75 Å². The Morgan fingerprint density at radius 2 is 1.58 bits per heavy atom. The number of aromatic hydroxyl groups is 1. The van der Waals surface area contributed by atoms with Crippen molar-refractivity contribution in [2.75, 3.05) is 0 Å². The third-order valence-corrected chi connectivity index (χ3v) is 4.91. The van der Waals surface area contributed by atoms with Crippen molar-refractivity contribution in [3.63, 3.8) is 0 Å². The summed E-state index contributed by atoms with van der Waals surface area (Å²) in [7, 11) is 0. The Bertz CT molecular complexity index is 629. The maximum Gasteiger partial charge on any atom is 0.171 e. The first-order valence-electron chi connectivity index (χ1n) is 6.77. The predicted octanol–water partition coefficient (Wildman–Crippen LogP) is 2.60. The van der Waals surface area contributed by atoms with E-state index in [1.165, 1.54) is 6.07 Å². The molecule has 19 heavy (non-hydrogen) atoms. The molecular formula is C16H14O3. The van der Waals surface area contributed by atoms with Crippen LogP contribution in [0, 0.1) is 23.7 Å². The number of rotatable bonds is 0. The predicted molar refractivity (Wildman–Crippen MR) is 69.1 cm³/mol. The van der Waals surface area contributed by atoms with E-state index in [1.807, 2.05) is 0 Å². The first-order chi connectivity index (χ1) is 9.18. The van der Waals surface area contributed by atoms with Crippen LogP contribution < -0.4 is 0 Å². The highest BCUT2D eigenvalue weighted by Crippen LogP contribution is 2.50. The van der Waals surface area contributed by atoms with Gasteiger partial charge < -0.3 is 5.11 Å². The van der Waals surface area contributed by atoms with Gasteiger partial charge in [0.25, 0.3) is 0 Å². The van der Waals surface area contributed by atoms with Gasteiger partial charge in [-0.05, 0) is 30.7 Å². The Kier molecular flexibility index (Phi) is 2.06. The van der Waals surface area contributed by atoms with E-state index in [-0.39, 0.29) is 46.6 Å². The van der Waals surface area contributed by atoms with E-state index in [9.17, 15) is 14.7 Å². The molecule has 3 heteroatoms. The van der Waals surface area contributed by atoms with Gasteiger partial charge in [-0.25, -0.2) is 0 Å². The maximum absolute atomic E-state index is 12.7. The summed E-state index contributed by atoms with van der Waals surface area (Å²) >= 11 is 0. The summed E-state index contributed by atoms with van der Waals surface area (Å²) in [4.78, 5) is 25.3. The molecule has 2 bridgehead atoms. The molecular weight excluding hydrogens is 240 g/mol. The van der Waals surface area contributed by atoms with Gasteiger partial charge in [-0.3, -0.25) is 9.59 Å². The molecule has 5 rings (SSSR count). The van der Waals surface area contributed by atoms with Crippen molar-refractivity contribution in [1.82, 2.24) is 0 Å². The van der Waals surface area contributed by atoms with Crippen molar-refractivity contribution >= 4 is 11.6 Å². The van der Waals surface area contributed by atoms with Crippen LogP contribution in [0.3, 0.4) is 0 Å². The van der Waals surface area contributed by atoms with Crippen LogP contribution in [0.4, 0.5) is 0 Å². The quantitative estimate of drug-likeness (QED) is 0.724. The van der Waals surface area contributed by atoms with E-state index in [1.54, 1.807) is 12.1 Å². The van der Waals surface area contributed by atoms with Crippen LogP contribution in [0.25, 0.3) is 0 Å². The van der Waals surface area contributed by atoms with Gasteiger partial charge in [0, 0.05) is 17.4 Å². The second kappa shape index (κ2) is 3.56. The standard InChI is InChI=1S/C16H14O3/c17-11-3-1-2-10-14(11)16(19)13-9-6-4-8(5-7-9)12(13)15(10)18/h1-4,6,8-9,12-13,17H,5,7H2/t8-,9+,12-,13+/m1/s1. The molecule has 4 aliphatic carbocycles. The Balaban J connectivity index is 1.95. The number of hydrogen-bond donors (Lipinski definition) is 1. The Morgan fingerprint density at radius 1 is 0.947 bits per heavy atom. The van der Waals surface area contributed by atoms with Crippen LogP contribution in [-0.2, 0) is 0 Å². The molecule has 1 saturated carbocycles. The van der Waals surface area contributed by atoms with Gasteiger partial charge in [0.05, 0.1) is 5.56 Å². The molecule has 1 aromatic rings. The number of benzene rings is 1. The molecule has 0 aromatic heterocycles. The average Bonchev–Trinajstić information content (AvgIpc) is 2.45. The third-order valence-electron chi connectivity index (χ3n) is 4.91. The molecule has 4 aliphatic rings. The van der Waals surface area contributed by atoms with Gasteiger partial charge in [-0.1, -0.05) is 24.3 Å². The fourth-order valence-corrected chi connectivity index (χ4v) is 4.06. The summed E-state index contributed by atoms with van der Waals surface area (Å²) in [5, 5.41) is 9.91. The number of fused-ring (bicyclic) bond motifs is 2. The van der Waals surface area contributed by atoms with Gasteiger partial charge >= 0.3 is 0 Å². The van der Waals surface area contributed by atoms with Gasteiger partial charge in [-0.2, -0.15) is 0 Å². The van der Waals surface area contributed by atoms with Crippen molar-refractivity contribution < 1.29 is 14.7 Å². The fourth-order valence-electron chi connectivity index (χ4n) is 4.06. The lowest BCUT2D eigenvalue weighted by Crippen LogP contribution is -2.48. The molecule has 3 nitrogen and oxygen atoms in total. The van der Waals surface area contributed by atoms with E-state index in [4.69, 9.17) is 0 Å². The number of phenols is 1. The molecule has 4 atom stereocenters. The molecule has 0 unspecified atom stereocenters. The molecule has 0 radical (unpaired) electrons. The summed E-state index contributed by atoms with van der Waals surface area (Å²) < 4.78 is 0. The monoisotopic (exact) mass is 254 g/mol. The number of hydrogen-bond acceptors (Lipinski definition) is 3. The number of ketones is 2. The van der Waals surface area contributed by atoms with Crippen LogP contribution in [0.1, 0.15) is 33.6 Å². The van der Waals surface area contributed by atoms with Crippen LogP contribution in [0.5, 0.6) is 5.75 Å². The van der Waals surface area contributed by atoms with E-state index >= 15 is 0 Å². The van der Waals surface area contributed by atoms with E-state index in [2.05, 4.69) is 12.2 Å². The zero-order chi connectivity index (χ0) is 13.1. The molecule has 0 spiro atoms. The largest absolute Gasteiger partial charge is 0.507 e. The van der Waals surface area contributed by atoms with Crippen LogP contribution in [0.2, 0.25) is 0 Å². The molecule has 0 aliphatic heterocycles. The molecule has 1 aromatic carbocycles. The molecule has 1 N–H and O–H groups in total. The molecule has 0 amide bonds. The molecule has 0 saturated heterocycles. The number of carbonyl (C=O) groups is 2. The van der Waals surface area contributed by atoms with E-state index in [0.717, 1.165) is 12.8 Å². The normalized spacial score (nSPS) is 35.2. The maximum atomic E-state index is 12.7. The van der Waals surface area contributed by atoms with Gasteiger partial charge in [0.2, 0.25) is 0 Å². The summed E-state index contributed by atoms with van der Waals surface area (Å²) in [6, 6.07) is 4.79. The first-order valence-corrected chi connectivity index (χ1v) is 6.77. The first kappa shape index (κ1) is 11.0. The third kappa shape index (κ3) is 1.28. The summed E-state index contributed by atoms with van der Waals surface area (Å²) in [5.74, 6) is -0.158. The molecule has 96 valence electrons. The summed E-state index contributed by atoms with van der Waals surface area (Å²) in [5.41, 5.74) is 0.655. The van der Waals surface area contributed by atoms with Crippen molar-refractivity contribution in [2.45, 2.75) is 12.8 Å². The minimum Gasteiger partial charge on any atom is -0.507 e. The molecule has 0 heterocycles. The highest BCUT2D eigenvalue weighted by atomic mass is 16.3. The van der Waals surface area contributed by atoms with E-state index in [0.29, 0.717) is 5.56 Å². The van der Waals surface area contributed by atoms with Gasteiger partial charge in [-0.15, -0.1) is 0 Å². The SMILES string of the molecule is O=C1c2c(O)cccc2C(=O)[C@H]2[C@@H]1[C@H]1C=C[C@@H]2CC1. The summed E-state index contributed by atoms with van der Waals surface area (Å²) in [6.45, 7) is 0. The number of phenolic OH excluding ortho intramolecular Hbond substituents is 1. The van der Waals surface area contributed by atoms with Crippen LogP contribution >= 0.6 is 0 Å². The van der Waals surface area contributed by atoms with Crippen LogP contribution in [-0.4, -0.2) is 16.7 Å². The zero-order valence-corrected chi connectivity index (χ0v) is 10.4. The smallest absolute Gasteiger partial charge is 0.171 e. The highest BCUT2D eigenvalue weighted by molar-refractivity contribution is 6.17. The Morgan fingerprint density at radius 3 is 2.21 bits per heavy atom. The second-order valence-electron chi connectivity index (χ2n) is 5.77. The number of allylic oxidation sites excluding steroid dienone is 2. The Labute approximate surface area is 110 Å². The van der Waals surface area contributed by atoms with Gasteiger partial charge in [0.15, 0.2) is 11.6 Å². The number of carbonyl (C=O) groups excluding carboxylic acids is 2. The van der Waals surface area contributed by atoms with Crippen molar-refractivity contribution in [2.24, 2.45) is 23.7 Å². The minimum atomic E-state index is -0.253. The second-order valence-corrected chi connectivity index (χ2v) is 5.77. The molecule has 1 fully saturated rings. The Hall–Kier alpha value is -1.90. The summed E-state index contributed by atoms with van der Waals surface area (Å²) in [6.07, 6.45) is 6.17. The lowest BCUT2D eigenvalue weighted by atomic mass is 9.56. The van der Waals surface area contributed by atoms with Crippen molar-refractivity contribution in [3.05, 3.63) is 41.5 Å². The highest BCUT2D eigenvalue weighted by Gasteiger charge is 2.52.